The molecule has 1 unspecified atom stereocenters. The highest BCUT2D eigenvalue weighted by Gasteiger charge is 2.45. The molecule has 0 radical (unpaired) electrons. The third-order valence-corrected chi connectivity index (χ3v) is 6.89. The van der Waals surface area contributed by atoms with Gasteiger partial charge in [-0.2, -0.15) is 5.26 Å². The second kappa shape index (κ2) is 10.1. The molecule has 33 heavy (non-hydrogen) atoms. The van der Waals surface area contributed by atoms with Gasteiger partial charge >= 0.3 is 5.91 Å². The molecule has 3 aromatic rings. The Bertz CT molecular complexity index is 1120. The van der Waals surface area contributed by atoms with Crippen molar-refractivity contribution in [3.63, 3.8) is 0 Å². The largest absolute Gasteiger partial charge is 0.347 e. The lowest BCUT2D eigenvalue weighted by Gasteiger charge is -2.44. The van der Waals surface area contributed by atoms with Gasteiger partial charge in [0.2, 0.25) is 0 Å². The smallest absolute Gasteiger partial charge is 0.332 e. The Hall–Kier alpha value is -3.27. The average Bonchev–Trinajstić information content (AvgIpc) is 3.37. The van der Waals surface area contributed by atoms with Crippen LogP contribution in [-0.4, -0.2) is 47.0 Å². The summed E-state index contributed by atoms with van der Waals surface area (Å²) >= 11 is 0. The van der Waals surface area contributed by atoms with E-state index in [0.29, 0.717) is 16.6 Å². The van der Waals surface area contributed by atoms with Crippen molar-refractivity contribution in [3.05, 3.63) is 83.4 Å². The summed E-state index contributed by atoms with van der Waals surface area (Å²) in [5.41, 5.74) is 5.12. The summed E-state index contributed by atoms with van der Waals surface area (Å²) in [6.07, 6.45) is 6.39. The Labute approximate surface area is 196 Å². The van der Waals surface area contributed by atoms with Gasteiger partial charge in [0.15, 0.2) is 0 Å². The molecule has 1 aromatic heterocycles. The number of carbonyl (C=O) groups is 1. The second-order valence-corrected chi connectivity index (χ2v) is 8.95. The lowest BCUT2D eigenvalue weighted by atomic mass is 9.99. The summed E-state index contributed by atoms with van der Waals surface area (Å²) in [6, 6.07) is 18.2. The maximum Gasteiger partial charge on any atom is 0.332 e. The van der Waals surface area contributed by atoms with Crippen LogP contribution in [0.25, 0.3) is 0 Å². The van der Waals surface area contributed by atoms with E-state index in [1.807, 2.05) is 42.6 Å². The normalized spacial score (nSPS) is 19.8. The third kappa shape index (κ3) is 4.75. The van der Waals surface area contributed by atoms with Gasteiger partial charge in [0.1, 0.15) is 18.8 Å². The van der Waals surface area contributed by atoms with Crippen molar-refractivity contribution in [2.24, 2.45) is 0 Å². The molecule has 170 valence electrons. The number of hydrogen-bond donors (Lipinski definition) is 1. The fraction of sp³-hybridized carbons (Fsp3) is 0.370. The van der Waals surface area contributed by atoms with E-state index < -0.39 is 0 Å². The van der Waals surface area contributed by atoms with Crippen LogP contribution in [0.2, 0.25) is 0 Å². The number of nitrogens with one attached hydrogen (secondary N) is 1. The minimum atomic E-state index is 0.0228. The SMILES string of the molecule is CCCC[N@+]1(c2ccccc2C)CCN(C(Cc2ccc(C#N)cc2)c2cnc[nH]2)CC1=O. The van der Waals surface area contributed by atoms with Crippen molar-refractivity contribution in [2.75, 3.05) is 26.2 Å². The van der Waals surface area contributed by atoms with E-state index in [-0.39, 0.29) is 11.9 Å². The molecule has 0 saturated carbocycles. The van der Waals surface area contributed by atoms with Gasteiger partial charge in [0, 0.05) is 18.3 Å². The van der Waals surface area contributed by atoms with Crippen LogP contribution in [0.1, 0.15) is 48.2 Å². The van der Waals surface area contributed by atoms with Gasteiger partial charge in [-0.1, -0.05) is 43.7 Å². The number of quaternary nitrogens is 1. The lowest BCUT2D eigenvalue weighted by Crippen LogP contribution is -2.65. The summed E-state index contributed by atoms with van der Waals surface area (Å²) in [4.78, 5) is 23.7. The first kappa shape index (κ1) is 22.9. The van der Waals surface area contributed by atoms with E-state index in [9.17, 15) is 4.79 Å². The molecule has 2 aromatic carbocycles. The molecule has 2 heterocycles. The molecule has 0 aliphatic carbocycles. The monoisotopic (exact) mass is 442 g/mol. The van der Waals surface area contributed by atoms with Crippen molar-refractivity contribution in [1.29, 1.82) is 5.26 Å². The zero-order valence-electron chi connectivity index (χ0n) is 19.5. The molecule has 4 rings (SSSR count). The molecule has 1 saturated heterocycles. The van der Waals surface area contributed by atoms with Crippen molar-refractivity contribution in [2.45, 2.75) is 39.2 Å². The predicted octanol–water partition coefficient (Wildman–Crippen LogP) is 4.52. The molecule has 1 amide bonds. The zero-order chi connectivity index (χ0) is 23.3. The molecule has 1 aliphatic heterocycles. The first-order valence-electron chi connectivity index (χ1n) is 11.8. The van der Waals surface area contributed by atoms with Crippen LogP contribution in [-0.2, 0) is 11.2 Å². The fourth-order valence-corrected chi connectivity index (χ4v) is 4.98. The minimum Gasteiger partial charge on any atom is -0.347 e. The molecular weight excluding hydrogens is 410 g/mol. The van der Waals surface area contributed by atoms with Crippen LogP contribution in [0.15, 0.2) is 61.1 Å². The molecule has 0 spiro atoms. The van der Waals surface area contributed by atoms with Gasteiger partial charge in [-0.25, -0.2) is 14.3 Å². The highest BCUT2D eigenvalue weighted by molar-refractivity contribution is 5.91. The number of aryl methyl sites for hydroxylation is 1. The Morgan fingerprint density at radius 2 is 2.00 bits per heavy atom. The zero-order valence-corrected chi connectivity index (χ0v) is 19.5. The number of hydrogen-bond acceptors (Lipinski definition) is 4. The van der Waals surface area contributed by atoms with E-state index in [1.54, 1.807) is 6.33 Å². The molecule has 2 atom stereocenters. The maximum atomic E-state index is 13.9. The summed E-state index contributed by atoms with van der Waals surface area (Å²) in [6.45, 7) is 7.13. The summed E-state index contributed by atoms with van der Waals surface area (Å²) in [7, 11) is 0. The minimum absolute atomic E-state index is 0.0228. The van der Waals surface area contributed by atoms with Gasteiger partial charge in [0.05, 0.1) is 36.2 Å². The molecule has 6 heteroatoms. The maximum absolute atomic E-state index is 13.9. The van der Waals surface area contributed by atoms with E-state index in [2.05, 4.69) is 46.9 Å². The Morgan fingerprint density at radius 3 is 2.64 bits per heavy atom. The van der Waals surface area contributed by atoms with Gasteiger partial charge in [0.25, 0.3) is 0 Å². The van der Waals surface area contributed by atoms with Crippen LogP contribution in [0.5, 0.6) is 0 Å². The Morgan fingerprint density at radius 1 is 1.21 bits per heavy atom. The second-order valence-electron chi connectivity index (χ2n) is 8.95. The van der Waals surface area contributed by atoms with E-state index in [1.165, 1.54) is 5.56 Å². The number of H-pyrrole nitrogens is 1. The lowest BCUT2D eigenvalue weighted by molar-refractivity contribution is -0.136. The van der Waals surface area contributed by atoms with E-state index in [4.69, 9.17) is 5.26 Å². The first-order chi connectivity index (χ1) is 16.1. The molecular formula is C27H32N5O+. The van der Waals surface area contributed by atoms with E-state index in [0.717, 1.165) is 55.8 Å². The van der Waals surface area contributed by atoms with Gasteiger partial charge < -0.3 is 4.98 Å². The van der Waals surface area contributed by atoms with Crippen molar-refractivity contribution in [3.8, 4) is 6.07 Å². The van der Waals surface area contributed by atoms with Crippen molar-refractivity contribution in [1.82, 2.24) is 19.4 Å². The van der Waals surface area contributed by atoms with Crippen LogP contribution in [0.3, 0.4) is 0 Å². The molecule has 1 fully saturated rings. The number of carbonyl (C=O) groups excluding carboxylic acids is 1. The van der Waals surface area contributed by atoms with Gasteiger partial charge in [-0.05, 0) is 43.5 Å². The van der Waals surface area contributed by atoms with Crippen LogP contribution in [0, 0.1) is 18.3 Å². The first-order valence-corrected chi connectivity index (χ1v) is 11.8. The number of unbranched alkanes of at least 4 members (excludes halogenated alkanes) is 1. The fourth-order valence-electron chi connectivity index (χ4n) is 4.98. The number of amides is 1. The number of nitrogens with zero attached hydrogens (tertiary/aromatic N) is 4. The van der Waals surface area contributed by atoms with Crippen LogP contribution in [0.4, 0.5) is 5.69 Å². The number of aromatic nitrogens is 2. The summed E-state index contributed by atoms with van der Waals surface area (Å²) < 4.78 is 0.434. The van der Waals surface area contributed by atoms with Crippen molar-refractivity contribution < 1.29 is 4.79 Å². The predicted molar refractivity (Wildman–Crippen MR) is 130 cm³/mol. The number of imidazole rings is 1. The average molecular weight is 443 g/mol. The molecule has 0 bridgehead atoms. The number of nitriles is 1. The summed E-state index contributed by atoms with van der Waals surface area (Å²) in [5, 5.41) is 9.11. The van der Waals surface area contributed by atoms with Crippen LogP contribution >= 0.6 is 0 Å². The number of piperazine rings is 1. The van der Waals surface area contributed by atoms with Crippen molar-refractivity contribution >= 4 is 11.6 Å². The van der Waals surface area contributed by atoms with Gasteiger partial charge in [-0.15, -0.1) is 0 Å². The third-order valence-electron chi connectivity index (χ3n) is 6.89. The Balaban J connectivity index is 1.61. The number of rotatable bonds is 8. The summed E-state index contributed by atoms with van der Waals surface area (Å²) in [5.74, 6) is 0.258. The van der Waals surface area contributed by atoms with Crippen LogP contribution < -0.4 is 4.48 Å². The topological polar surface area (TPSA) is 72.8 Å². The Kier molecular flexibility index (Phi) is 7.02. The number of aromatic amines is 1. The number of benzene rings is 2. The molecule has 1 N–H and O–H groups in total. The van der Waals surface area contributed by atoms with E-state index >= 15 is 0 Å². The molecule has 6 nitrogen and oxygen atoms in total. The standard InChI is InChI=1S/C27H32N5O/c1-3-4-14-32(26-8-6-5-7-21(26)2)15-13-31(19-27(32)33)25(24-18-29-20-30-24)16-22-9-11-23(17-28)12-10-22/h5-12,18,20,25H,3-4,13-16,19H2,1-2H3,(H,29,30)/q+1/t25?,32-/m1/s1. The highest BCUT2D eigenvalue weighted by atomic mass is 16.2. The van der Waals surface area contributed by atoms with Gasteiger partial charge in [-0.3, -0.25) is 4.90 Å². The quantitative estimate of drug-likeness (QED) is 0.521. The molecule has 1 aliphatic rings. The number of para-hydroxylation sites is 1. The highest BCUT2D eigenvalue weighted by Crippen LogP contribution is 2.33.